The topological polar surface area (TPSA) is 54.5 Å². The zero-order valence-electron chi connectivity index (χ0n) is 13.7. The maximum absolute atomic E-state index is 12.5. The van der Waals surface area contributed by atoms with Gasteiger partial charge in [-0.2, -0.15) is 0 Å². The quantitative estimate of drug-likeness (QED) is 0.860. The first kappa shape index (κ1) is 15.1. The number of carbonyl (C=O) groups excluding carboxylic acids is 1. The van der Waals surface area contributed by atoms with Gasteiger partial charge in [-0.3, -0.25) is 4.98 Å². The van der Waals surface area contributed by atoms with Crippen LogP contribution in [0.3, 0.4) is 0 Å². The molecule has 2 aromatic rings. The van der Waals surface area contributed by atoms with E-state index in [-0.39, 0.29) is 12.1 Å². The number of esters is 1. The molecule has 0 aliphatic carbocycles. The van der Waals surface area contributed by atoms with Gasteiger partial charge in [-0.25, -0.2) is 4.79 Å². The van der Waals surface area contributed by atoms with E-state index in [0.29, 0.717) is 18.0 Å². The minimum absolute atomic E-state index is 0.253. The number of nitrogens with one attached hydrogen (secondary N) is 1. The highest BCUT2D eigenvalue weighted by atomic mass is 16.5. The van der Waals surface area contributed by atoms with Crippen LogP contribution in [-0.4, -0.2) is 36.6 Å². The Morgan fingerprint density at radius 1 is 1.29 bits per heavy atom. The Kier molecular flexibility index (Phi) is 3.94. The van der Waals surface area contributed by atoms with Gasteiger partial charge in [0, 0.05) is 44.0 Å². The summed E-state index contributed by atoms with van der Waals surface area (Å²) in [6, 6.07) is 12.3. The Hall–Kier alpha value is -2.40. The number of cyclic esters (lactones) is 1. The summed E-state index contributed by atoms with van der Waals surface area (Å²) in [5.41, 5.74) is 3.62. The Bertz CT molecular complexity index is 748. The van der Waals surface area contributed by atoms with Crippen molar-refractivity contribution < 1.29 is 9.53 Å². The molecule has 5 heteroatoms. The average molecular weight is 323 g/mol. The lowest BCUT2D eigenvalue weighted by Gasteiger charge is -2.34. The van der Waals surface area contributed by atoms with E-state index in [1.807, 2.05) is 24.3 Å². The van der Waals surface area contributed by atoms with Crippen LogP contribution in [0, 0.1) is 0 Å². The number of aromatic nitrogens is 1. The molecule has 2 aliphatic rings. The van der Waals surface area contributed by atoms with Crippen LogP contribution >= 0.6 is 0 Å². The number of ether oxygens (including phenoxy) is 1. The number of hydrogen-bond donors (Lipinski definition) is 1. The summed E-state index contributed by atoms with van der Waals surface area (Å²) >= 11 is 0. The normalized spacial score (nSPS) is 23.5. The predicted molar refractivity (Wildman–Crippen MR) is 92.2 cm³/mol. The lowest BCUT2D eigenvalue weighted by atomic mass is 9.96. The van der Waals surface area contributed by atoms with Gasteiger partial charge in [0.05, 0.1) is 11.3 Å². The monoisotopic (exact) mass is 323 g/mol. The lowest BCUT2D eigenvalue weighted by molar-refractivity contribution is 0.0243. The third kappa shape index (κ3) is 2.87. The Balaban J connectivity index is 1.60. The van der Waals surface area contributed by atoms with Gasteiger partial charge in [0.2, 0.25) is 0 Å². The molecule has 0 spiro atoms. The third-order valence-corrected chi connectivity index (χ3v) is 4.72. The van der Waals surface area contributed by atoms with Crippen LogP contribution < -0.4 is 10.2 Å². The molecule has 0 bridgehead atoms. The predicted octanol–water partition coefficient (Wildman–Crippen LogP) is 2.33. The molecule has 0 saturated carbocycles. The standard InChI is InChI=1S/C19H21N3O2/c1-13-12-22(9-8-20-13)15-6-5-14-10-18(17-4-2-3-7-21-17)24-19(23)16(14)11-15/h2-7,11,13,18,20H,8-10,12H2,1H3/t13-,18?/m0/s1. The van der Waals surface area contributed by atoms with Crippen LogP contribution in [0.2, 0.25) is 0 Å². The summed E-state index contributed by atoms with van der Waals surface area (Å²) in [5, 5.41) is 3.44. The molecule has 0 radical (unpaired) electrons. The van der Waals surface area contributed by atoms with Gasteiger partial charge in [-0.15, -0.1) is 0 Å². The largest absolute Gasteiger partial charge is 0.452 e. The van der Waals surface area contributed by atoms with Gasteiger partial charge in [0.15, 0.2) is 0 Å². The van der Waals surface area contributed by atoms with Crippen LogP contribution in [-0.2, 0) is 11.2 Å². The van der Waals surface area contributed by atoms with Gasteiger partial charge in [-0.05, 0) is 36.8 Å². The Morgan fingerprint density at radius 3 is 3.00 bits per heavy atom. The molecular weight excluding hydrogens is 302 g/mol. The van der Waals surface area contributed by atoms with Gasteiger partial charge >= 0.3 is 5.97 Å². The molecule has 124 valence electrons. The SMILES string of the molecule is C[C@H]1CN(c2ccc3c(c2)C(=O)OC(c2ccccn2)C3)CCN1. The zero-order chi connectivity index (χ0) is 16.5. The van der Waals surface area contributed by atoms with E-state index in [1.165, 1.54) is 0 Å². The number of rotatable bonds is 2. The van der Waals surface area contributed by atoms with Crippen molar-refractivity contribution in [2.45, 2.75) is 25.5 Å². The molecule has 1 unspecified atom stereocenters. The average Bonchev–Trinajstić information content (AvgIpc) is 2.62. The van der Waals surface area contributed by atoms with E-state index in [0.717, 1.165) is 36.6 Å². The number of fused-ring (bicyclic) bond motifs is 1. The van der Waals surface area contributed by atoms with Crippen molar-refractivity contribution in [2.75, 3.05) is 24.5 Å². The van der Waals surface area contributed by atoms with Gasteiger partial charge in [0.1, 0.15) is 6.10 Å². The molecule has 1 saturated heterocycles. The molecule has 24 heavy (non-hydrogen) atoms. The minimum Gasteiger partial charge on any atom is -0.452 e. The van der Waals surface area contributed by atoms with E-state index in [1.54, 1.807) is 6.20 Å². The van der Waals surface area contributed by atoms with E-state index in [2.05, 4.69) is 34.3 Å². The molecule has 2 atom stereocenters. The number of anilines is 1. The number of carbonyl (C=O) groups is 1. The highest BCUT2D eigenvalue weighted by molar-refractivity contribution is 5.93. The van der Waals surface area contributed by atoms with Gasteiger partial charge < -0.3 is 15.0 Å². The van der Waals surface area contributed by atoms with Crippen molar-refractivity contribution in [3.05, 3.63) is 59.4 Å². The lowest BCUT2D eigenvalue weighted by Crippen LogP contribution is -2.49. The summed E-state index contributed by atoms with van der Waals surface area (Å²) in [7, 11) is 0. The summed E-state index contributed by atoms with van der Waals surface area (Å²) in [6.45, 7) is 5.04. The second kappa shape index (κ2) is 6.24. The molecule has 1 aromatic carbocycles. The van der Waals surface area contributed by atoms with Crippen LogP contribution in [0.25, 0.3) is 0 Å². The second-order valence-electron chi connectivity index (χ2n) is 6.50. The summed E-state index contributed by atoms with van der Waals surface area (Å²) < 4.78 is 5.63. The van der Waals surface area contributed by atoms with E-state index < -0.39 is 0 Å². The molecule has 1 fully saturated rings. The number of benzene rings is 1. The van der Waals surface area contributed by atoms with Gasteiger partial charge in [0.25, 0.3) is 0 Å². The summed E-state index contributed by atoms with van der Waals surface area (Å²) in [5.74, 6) is -0.253. The first-order chi connectivity index (χ1) is 11.7. The molecule has 4 rings (SSSR count). The van der Waals surface area contributed by atoms with Crippen molar-refractivity contribution in [1.29, 1.82) is 0 Å². The van der Waals surface area contributed by atoms with E-state index in [9.17, 15) is 4.79 Å². The van der Waals surface area contributed by atoms with Crippen LogP contribution in [0.4, 0.5) is 5.69 Å². The van der Waals surface area contributed by atoms with Crippen LogP contribution in [0.15, 0.2) is 42.6 Å². The molecule has 5 nitrogen and oxygen atoms in total. The number of hydrogen-bond acceptors (Lipinski definition) is 5. The highest BCUT2D eigenvalue weighted by Gasteiger charge is 2.29. The molecule has 1 aromatic heterocycles. The highest BCUT2D eigenvalue weighted by Crippen LogP contribution is 2.32. The maximum Gasteiger partial charge on any atom is 0.339 e. The maximum atomic E-state index is 12.5. The smallest absolute Gasteiger partial charge is 0.339 e. The summed E-state index contributed by atoms with van der Waals surface area (Å²) in [6.07, 6.45) is 2.11. The van der Waals surface area contributed by atoms with Crippen molar-refractivity contribution in [1.82, 2.24) is 10.3 Å². The van der Waals surface area contributed by atoms with Crippen LogP contribution in [0.5, 0.6) is 0 Å². The van der Waals surface area contributed by atoms with Gasteiger partial charge in [-0.1, -0.05) is 12.1 Å². The molecule has 3 heterocycles. The van der Waals surface area contributed by atoms with Crippen molar-refractivity contribution >= 4 is 11.7 Å². The molecule has 0 amide bonds. The molecule has 2 aliphatic heterocycles. The first-order valence-corrected chi connectivity index (χ1v) is 8.44. The van der Waals surface area contributed by atoms with Crippen molar-refractivity contribution in [3.63, 3.8) is 0 Å². The fourth-order valence-corrected chi connectivity index (χ4v) is 3.46. The van der Waals surface area contributed by atoms with Crippen LogP contribution in [0.1, 0.15) is 34.6 Å². The summed E-state index contributed by atoms with van der Waals surface area (Å²) in [4.78, 5) is 19.1. The number of pyridine rings is 1. The molecule has 1 N–H and O–H groups in total. The third-order valence-electron chi connectivity index (χ3n) is 4.72. The molecular formula is C19H21N3O2. The fraction of sp³-hybridized carbons (Fsp3) is 0.368. The van der Waals surface area contributed by atoms with E-state index in [4.69, 9.17) is 4.74 Å². The van der Waals surface area contributed by atoms with Crippen molar-refractivity contribution in [3.8, 4) is 0 Å². The number of nitrogens with zero attached hydrogens (tertiary/aromatic N) is 2. The Labute approximate surface area is 141 Å². The second-order valence-corrected chi connectivity index (χ2v) is 6.50. The zero-order valence-corrected chi connectivity index (χ0v) is 13.7. The Morgan fingerprint density at radius 2 is 2.21 bits per heavy atom. The first-order valence-electron chi connectivity index (χ1n) is 8.44. The fourth-order valence-electron chi connectivity index (χ4n) is 3.46. The minimum atomic E-state index is -0.295. The van der Waals surface area contributed by atoms with E-state index >= 15 is 0 Å². The number of piperazine rings is 1. The van der Waals surface area contributed by atoms with Crippen molar-refractivity contribution in [2.24, 2.45) is 0 Å².